The molecular formula is C13H10BrN3O4. The maximum absolute atomic E-state index is 12.5. The van der Waals surface area contributed by atoms with Gasteiger partial charge in [0, 0.05) is 11.8 Å². The first-order valence-electron chi connectivity index (χ1n) is 6.22. The van der Waals surface area contributed by atoms with E-state index in [4.69, 9.17) is 0 Å². The summed E-state index contributed by atoms with van der Waals surface area (Å²) >= 11 is 3.27. The van der Waals surface area contributed by atoms with Gasteiger partial charge < -0.3 is 0 Å². The quantitative estimate of drug-likeness (QED) is 0.636. The molecule has 1 aromatic carbocycles. The number of hydrogen-bond acceptors (Lipinski definition) is 4. The van der Waals surface area contributed by atoms with Crippen molar-refractivity contribution in [2.75, 3.05) is 6.54 Å². The van der Waals surface area contributed by atoms with Crippen LogP contribution in [0.5, 0.6) is 0 Å². The van der Waals surface area contributed by atoms with Crippen molar-refractivity contribution in [3.8, 4) is 0 Å². The van der Waals surface area contributed by atoms with Crippen LogP contribution in [0.4, 0.5) is 4.79 Å². The van der Waals surface area contributed by atoms with E-state index in [2.05, 4.69) is 21.2 Å². The van der Waals surface area contributed by atoms with E-state index in [-0.39, 0.29) is 18.5 Å². The number of hydrazine groups is 1. The maximum Gasteiger partial charge on any atom is 0.343 e. The Morgan fingerprint density at radius 1 is 1.14 bits per heavy atom. The van der Waals surface area contributed by atoms with E-state index >= 15 is 0 Å². The molecule has 21 heavy (non-hydrogen) atoms. The number of halogens is 1. The van der Waals surface area contributed by atoms with Gasteiger partial charge in [0.15, 0.2) is 0 Å². The minimum absolute atomic E-state index is 0.000217. The van der Waals surface area contributed by atoms with Gasteiger partial charge in [-0.3, -0.25) is 19.7 Å². The van der Waals surface area contributed by atoms with Gasteiger partial charge in [-0.2, -0.15) is 5.01 Å². The van der Waals surface area contributed by atoms with E-state index < -0.39 is 23.8 Å². The van der Waals surface area contributed by atoms with Gasteiger partial charge in [0.25, 0.3) is 11.8 Å². The van der Waals surface area contributed by atoms with Crippen molar-refractivity contribution in [2.24, 2.45) is 0 Å². The van der Waals surface area contributed by atoms with Gasteiger partial charge in [-0.15, -0.1) is 0 Å². The fourth-order valence-corrected chi connectivity index (χ4v) is 2.89. The fourth-order valence-electron chi connectivity index (χ4n) is 2.42. The Labute approximate surface area is 128 Å². The van der Waals surface area contributed by atoms with E-state index in [9.17, 15) is 19.2 Å². The number of carbonyl (C=O) groups excluding carboxylic acids is 4. The fraction of sp³-hybridized carbons (Fsp3) is 0.231. The zero-order valence-electron chi connectivity index (χ0n) is 10.8. The lowest BCUT2D eigenvalue weighted by molar-refractivity contribution is -0.122. The van der Waals surface area contributed by atoms with Crippen molar-refractivity contribution in [3.05, 3.63) is 34.9 Å². The largest absolute Gasteiger partial charge is 0.343 e. The average Bonchev–Trinajstić information content (AvgIpc) is 2.72. The lowest BCUT2D eigenvalue weighted by Crippen LogP contribution is -2.58. The Morgan fingerprint density at radius 3 is 2.57 bits per heavy atom. The van der Waals surface area contributed by atoms with Crippen LogP contribution in [0, 0.1) is 0 Å². The molecular weight excluding hydrogens is 342 g/mol. The molecule has 7 nitrogen and oxygen atoms in total. The molecule has 8 heteroatoms. The third-order valence-electron chi connectivity index (χ3n) is 3.40. The number of fused-ring (bicyclic) bond motifs is 1. The number of alkyl halides is 1. The predicted molar refractivity (Wildman–Crippen MR) is 74.4 cm³/mol. The molecule has 3 rings (SSSR count). The van der Waals surface area contributed by atoms with Crippen molar-refractivity contribution in [3.63, 3.8) is 0 Å². The van der Waals surface area contributed by atoms with Crippen molar-refractivity contribution in [2.45, 2.75) is 11.8 Å². The zero-order valence-corrected chi connectivity index (χ0v) is 12.3. The van der Waals surface area contributed by atoms with Crippen LogP contribution in [0.1, 0.15) is 32.7 Å². The Kier molecular flexibility index (Phi) is 3.25. The summed E-state index contributed by atoms with van der Waals surface area (Å²) in [5.41, 5.74) is 1.24. The average molecular weight is 352 g/mol. The highest BCUT2D eigenvalue weighted by Gasteiger charge is 2.43. The molecule has 0 radical (unpaired) electrons. The molecule has 1 fully saturated rings. The highest BCUT2D eigenvalue weighted by Crippen LogP contribution is 2.29. The molecule has 0 unspecified atom stereocenters. The predicted octanol–water partition coefficient (Wildman–Crippen LogP) is 1.03. The molecule has 2 aliphatic heterocycles. The highest BCUT2D eigenvalue weighted by atomic mass is 79.9. The molecule has 2 heterocycles. The second-order valence-electron chi connectivity index (χ2n) is 4.62. The third-order valence-corrected chi connectivity index (χ3v) is 4.00. The Bertz CT molecular complexity index is 688. The molecule has 0 atom stereocenters. The topological polar surface area (TPSA) is 86.8 Å². The molecule has 1 saturated heterocycles. The van der Waals surface area contributed by atoms with E-state index in [1.807, 2.05) is 0 Å². The molecule has 0 aromatic heterocycles. The highest BCUT2D eigenvalue weighted by molar-refractivity contribution is 9.08. The summed E-state index contributed by atoms with van der Waals surface area (Å²) in [6.07, 6.45) is 0.0461. The molecule has 0 saturated carbocycles. The maximum atomic E-state index is 12.5. The van der Waals surface area contributed by atoms with Gasteiger partial charge in [-0.1, -0.05) is 28.1 Å². The number of benzene rings is 1. The van der Waals surface area contributed by atoms with Crippen LogP contribution in [0.3, 0.4) is 0 Å². The first-order valence-corrected chi connectivity index (χ1v) is 7.34. The standard InChI is InChI=1S/C13H10BrN3O4/c14-6-7-2-1-3-8-10(7)12(20)17(11(8)19)16-5-4-9(18)15-13(16)21/h1-3H,4-6H2,(H,15,18,21). The second-order valence-corrected chi connectivity index (χ2v) is 5.18. The summed E-state index contributed by atoms with van der Waals surface area (Å²) in [5.74, 6) is -1.52. The molecule has 5 amide bonds. The molecule has 2 aliphatic rings. The molecule has 1 aromatic rings. The van der Waals surface area contributed by atoms with Crippen molar-refractivity contribution < 1.29 is 19.2 Å². The van der Waals surface area contributed by atoms with Crippen LogP contribution in [-0.4, -0.2) is 40.3 Å². The van der Waals surface area contributed by atoms with E-state index in [0.717, 1.165) is 10.0 Å². The number of amides is 5. The summed E-state index contributed by atoms with van der Waals surface area (Å²) in [6.45, 7) is -0.000217. The van der Waals surface area contributed by atoms with Gasteiger partial charge in [-0.25, -0.2) is 9.80 Å². The molecule has 108 valence electrons. The van der Waals surface area contributed by atoms with Crippen LogP contribution >= 0.6 is 15.9 Å². The lowest BCUT2D eigenvalue weighted by Gasteiger charge is -2.32. The van der Waals surface area contributed by atoms with E-state index in [0.29, 0.717) is 16.5 Å². The summed E-state index contributed by atoms with van der Waals surface area (Å²) in [5, 5.41) is 4.30. The molecule has 0 spiro atoms. The molecule has 1 N–H and O–H groups in total. The van der Waals surface area contributed by atoms with Crippen LogP contribution in [0.25, 0.3) is 0 Å². The van der Waals surface area contributed by atoms with Gasteiger partial charge in [-0.05, 0) is 11.6 Å². The lowest BCUT2D eigenvalue weighted by atomic mass is 10.0. The van der Waals surface area contributed by atoms with Crippen molar-refractivity contribution >= 4 is 39.7 Å². The van der Waals surface area contributed by atoms with E-state index in [1.165, 1.54) is 0 Å². The molecule has 0 bridgehead atoms. The van der Waals surface area contributed by atoms with Crippen LogP contribution < -0.4 is 5.32 Å². The number of imide groups is 2. The van der Waals surface area contributed by atoms with E-state index in [1.54, 1.807) is 18.2 Å². The number of urea groups is 1. The third kappa shape index (κ3) is 2.02. The van der Waals surface area contributed by atoms with Crippen molar-refractivity contribution in [1.29, 1.82) is 0 Å². The van der Waals surface area contributed by atoms with Crippen molar-refractivity contribution in [1.82, 2.24) is 15.3 Å². The number of carbonyl (C=O) groups is 4. The Morgan fingerprint density at radius 2 is 1.90 bits per heavy atom. The number of rotatable bonds is 2. The Balaban J connectivity index is 2.00. The number of hydrogen-bond donors (Lipinski definition) is 1. The monoisotopic (exact) mass is 351 g/mol. The second kappa shape index (κ2) is 4.96. The summed E-state index contributed by atoms with van der Waals surface area (Å²) in [7, 11) is 0. The smallest absolute Gasteiger partial charge is 0.276 e. The van der Waals surface area contributed by atoms with Gasteiger partial charge in [0.2, 0.25) is 5.91 Å². The zero-order chi connectivity index (χ0) is 15.1. The summed E-state index contributed by atoms with van der Waals surface area (Å²) < 4.78 is 0. The van der Waals surface area contributed by atoms with Crippen LogP contribution in [-0.2, 0) is 10.1 Å². The Hall–Kier alpha value is -2.22. The first kappa shape index (κ1) is 13.7. The van der Waals surface area contributed by atoms with Gasteiger partial charge in [0.05, 0.1) is 17.7 Å². The SMILES string of the molecule is O=C1CCN(N2C(=O)c3cccc(CBr)c3C2=O)C(=O)N1. The molecule has 0 aliphatic carbocycles. The number of nitrogens with one attached hydrogen (secondary N) is 1. The van der Waals surface area contributed by atoms with Crippen LogP contribution in [0.15, 0.2) is 18.2 Å². The minimum Gasteiger partial charge on any atom is -0.276 e. The van der Waals surface area contributed by atoms with Gasteiger partial charge >= 0.3 is 6.03 Å². The normalized spacial score (nSPS) is 18.1. The summed E-state index contributed by atoms with van der Waals surface area (Å²) in [6, 6.07) is 4.21. The number of nitrogens with zero attached hydrogens (tertiary/aromatic N) is 2. The van der Waals surface area contributed by atoms with Crippen LogP contribution in [0.2, 0.25) is 0 Å². The minimum atomic E-state index is -0.763. The van der Waals surface area contributed by atoms with Gasteiger partial charge in [0.1, 0.15) is 0 Å². The summed E-state index contributed by atoms with van der Waals surface area (Å²) in [4.78, 5) is 47.9. The first-order chi connectivity index (χ1) is 10.0.